The van der Waals surface area contributed by atoms with E-state index in [1.807, 2.05) is 32.0 Å². The molecule has 5 nitrogen and oxygen atoms in total. The first-order valence-electron chi connectivity index (χ1n) is 6.33. The summed E-state index contributed by atoms with van der Waals surface area (Å²) < 4.78 is 5.49. The Balaban J connectivity index is 1.98. The Bertz CT molecular complexity index is 678. The monoisotopic (exact) mass is 304 g/mol. The molecule has 0 amide bonds. The Hall–Kier alpha value is -2.21. The molecule has 1 heterocycles. The van der Waals surface area contributed by atoms with Crippen molar-refractivity contribution in [2.75, 3.05) is 6.61 Å². The highest BCUT2D eigenvalue weighted by Crippen LogP contribution is 2.19. The minimum absolute atomic E-state index is 0.123. The number of nitrogens with zero attached hydrogens (tertiary/aromatic N) is 1. The summed E-state index contributed by atoms with van der Waals surface area (Å²) in [4.78, 5) is 26.4. The molecule has 0 aliphatic carbocycles. The van der Waals surface area contributed by atoms with Crippen LogP contribution in [0.1, 0.15) is 26.6 Å². The molecule has 0 radical (unpaired) electrons. The number of Topliss-reactive ketones (excluding diaryl/α,β-unsaturated/α-hetero) is 1. The normalized spacial score (nSPS) is 10.4. The molecule has 0 unspecified atom stereocenters. The highest BCUT2D eigenvalue weighted by atomic mass is 32.1. The molecular formula is C15H14NO4S-. The number of carbonyl (C=O) groups is 2. The molecule has 0 saturated heterocycles. The molecule has 2 rings (SSSR count). The Morgan fingerprint density at radius 1 is 1.33 bits per heavy atom. The van der Waals surface area contributed by atoms with Crippen LogP contribution in [0.25, 0.3) is 0 Å². The minimum atomic E-state index is -1.22. The van der Waals surface area contributed by atoms with Gasteiger partial charge in [0, 0.05) is 17.8 Å². The SMILES string of the molecule is Cc1ccc(OCC(=O)c2nc(CC(=O)[O-])cs2)c(C)c1. The fraction of sp³-hybridized carbons (Fsp3) is 0.267. The standard InChI is InChI=1S/C15H15NO4S/c1-9-3-4-13(10(2)5-9)20-7-12(17)15-16-11(8-21-15)6-14(18)19/h3-5,8H,6-7H2,1-2H3,(H,18,19)/p-1. The van der Waals surface area contributed by atoms with E-state index in [-0.39, 0.29) is 23.8 Å². The van der Waals surface area contributed by atoms with Crippen LogP contribution >= 0.6 is 11.3 Å². The summed E-state index contributed by atoms with van der Waals surface area (Å²) in [6.07, 6.45) is -0.290. The smallest absolute Gasteiger partial charge is 0.228 e. The summed E-state index contributed by atoms with van der Waals surface area (Å²) in [6, 6.07) is 5.71. The molecule has 110 valence electrons. The molecule has 1 aromatic carbocycles. The largest absolute Gasteiger partial charge is 0.550 e. The van der Waals surface area contributed by atoms with Gasteiger partial charge < -0.3 is 14.6 Å². The molecule has 0 fully saturated rings. The number of aryl methyl sites for hydroxylation is 2. The van der Waals surface area contributed by atoms with Gasteiger partial charge in [-0.05, 0) is 25.5 Å². The van der Waals surface area contributed by atoms with Gasteiger partial charge in [-0.2, -0.15) is 0 Å². The van der Waals surface area contributed by atoms with E-state index in [2.05, 4.69) is 4.98 Å². The highest BCUT2D eigenvalue weighted by molar-refractivity contribution is 7.11. The third-order valence-electron chi connectivity index (χ3n) is 2.80. The number of hydrogen-bond acceptors (Lipinski definition) is 6. The lowest BCUT2D eigenvalue weighted by molar-refractivity contribution is -0.304. The van der Waals surface area contributed by atoms with Crippen LogP contribution in [0.15, 0.2) is 23.6 Å². The lowest BCUT2D eigenvalue weighted by Crippen LogP contribution is -2.24. The van der Waals surface area contributed by atoms with Gasteiger partial charge in [-0.25, -0.2) is 4.98 Å². The summed E-state index contributed by atoms with van der Waals surface area (Å²) in [5.41, 5.74) is 2.41. The van der Waals surface area contributed by atoms with Gasteiger partial charge in [-0.15, -0.1) is 11.3 Å². The number of ketones is 1. The Labute approximate surface area is 126 Å². The van der Waals surface area contributed by atoms with Gasteiger partial charge in [0.1, 0.15) is 5.75 Å². The maximum atomic E-state index is 12.0. The molecule has 6 heteroatoms. The van der Waals surface area contributed by atoms with E-state index >= 15 is 0 Å². The van der Waals surface area contributed by atoms with Crippen LogP contribution in [0.5, 0.6) is 5.75 Å². The van der Waals surface area contributed by atoms with Gasteiger partial charge in [0.05, 0.1) is 5.69 Å². The van der Waals surface area contributed by atoms with Crippen molar-refractivity contribution in [1.29, 1.82) is 0 Å². The van der Waals surface area contributed by atoms with E-state index in [1.165, 1.54) is 0 Å². The summed E-state index contributed by atoms with van der Waals surface area (Å²) in [5.74, 6) is -0.837. The number of thiazole rings is 1. The Morgan fingerprint density at radius 2 is 2.10 bits per heavy atom. The minimum Gasteiger partial charge on any atom is -0.550 e. The number of benzene rings is 1. The molecule has 21 heavy (non-hydrogen) atoms. The lowest BCUT2D eigenvalue weighted by atomic mass is 10.1. The predicted octanol–water partition coefficient (Wildman–Crippen LogP) is 1.31. The molecule has 0 aliphatic rings. The lowest BCUT2D eigenvalue weighted by Gasteiger charge is -2.08. The van der Waals surface area contributed by atoms with E-state index in [1.54, 1.807) is 5.38 Å². The van der Waals surface area contributed by atoms with Gasteiger partial charge in [-0.1, -0.05) is 17.7 Å². The van der Waals surface area contributed by atoms with Crippen LogP contribution in [0.2, 0.25) is 0 Å². The van der Waals surface area contributed by atoms with Crippen molar-refractivity contribution < 1.29 is 19.4 Å². The second-order valence-electron chi connectivity index (χ2n) is 4.67. The van der Waals surface area contributed by atoms with Crippen LogP contribution in [0, 0.1) is 13.8 Å². The third-order valence-corrected chi connectivity index (χ3v) is 3.74. The average Bonchev–Trinajstić information content (AvgIpc) is 2.85. The van der Waals surface area contributed by atoms with Crippen molar-refractivity contribution in [2.45, 2.75) is 20.3 Å². The van der Waals surface area contributed by atoms with Crippen LogP contribution in [0.4, 0.5) is 0 Å². The second-order valence-corrected chi connectivity index (χ2v) is 5.53. The zero-order chi connectivity index (χ0) is 15.4. The second kappa shape index (κ2) is 6.49. The number of carboxylic acid groups (broad SMARTS) is 1. The predicted molar refractivity (Wildman–Crippen MR) is 76.6 cm³/mol. The van der Waals surface area contributed by atoms with Crippen molar-refractivity contribution in [2.24, 2.45) is 0 Å². The number of aromatic nitrogens is 1. The zero-order valence-corrected chi connectivity index (χ0v) is 12.5. The maximum absolute atomic E-state index is 12.0. The van der Waals surface area contributed by atoms with E-state index < -0.39 is 5.97 Å². The van der Waals surface area contributed by atoms with E-state index in [9.17, 15) is 14.7 Å². The highest BCUT2D eigenvalue weighted by Gasteiger charge is 2.13. The fourth-order valence-corrected chi connectivity index (χ4v) is 2.57. The van der Waals surface area contributed by atoms with Crippen molar-refractivity contribution >= 4 is 23.1 Å². The number of hydrogen-bond donors (Lipinski definition) is 0. The number of carboxylic acids is 1. The van der Waals surface area contributed by atoms with E-state index in [0.29, 0.717) is 11.4 Å². The summed E-state index contributed by atoms with van der Waals surface area (Å²) in [7, 11) is 0. The van der Waals surface area contributed by atoms with Gasteiger partial charge in [0.2, 0.25) is 5.78 Å². The molecule has 0 spiro atoms. The first kappa shape index (κ1) is 15.2. The molecule has 0 atom stereocenters. The molecular weight excluding hydrogens is 290 g/mol. The van der Waals surface area contributed by atoms with Crippen LogP contribution in [0.3, 0.4) is 0 Å². The summed E-state index contributed by atoms with van der Waals surface area (Å²) >= 11 is 1.11. The average molecular weight is 304 g/mol. The van der Waals surface area contributed by atoms with Crippen molar-refractivity contribution in [1.82, 2.24) is 4.98 Å². The number of aliphatic carboxylic acids is 1. The van der Waals surface area contributed by atoms with Crippen LogP contribution in [-0.2, 0) is 11.2 Å². The van der Waals surface area contributed by atoms with Crippen LogP contribution in [-0.4, -0.2) is 23.3 Å². The van der Waals surface area contributed by atoms with E-state index in [0.717, 1.165) is 22.5 Å². The van der Waals surface area contributed by atoms with Gasteiger partial charge in [-0.3, -0.25) is 4.79 Å². The first-order valence-corrected chi connectivity index (χ1v) is 7.21. The Morgan fingerprint density at radius 3 is 2.76 bits per heavy atom. The topological polar surface area (TPSA) is 79.3 Å². The number of carbonyl (C=O) groups excluding carboxylic acids is 2. The molecule has 1 aromatic heterocycles. The first-order chi connectivity index (χ1) is 9.95. The van der Waals surface area contributed by atoms with Gasteiger partial charge in [0.25, 0.3) is 0 Å². The van der Waals surface area contributed by atoms with Gasteiger partial charge >= 0.3 is 0 Å². The fourth-order valence-electron chi connectivity index (χ4n) is 1.83. The van der Waals surface area contributed by atoms with Crippen molar-refractivity contribution in [3.05, 3.63) is 45.4 Å². The zero-order valence-electron chi connectivity index (χ0n) is 11.7. The number of rotatable bonds is 6. The molecule has 2 aromatic rings. The van der Waals surface area contributed by atoms with E-state index in [4.69, 9.17) is 4.74 Å². The molecule has 0 saturated carbocycles. The van der Waals surface area contributed by atoms with Crippen LogP contribution < -0.4 is 9.84 Å². The van der Waals surface area contributed by atoms with Crippen molar-refractivity contribution in [3.8, 4) is 5.75 Å². The van der Waals surface area contributed by atoms with Crippen molar-refractivity contribution in [3.63, 3.8) is 0 Å². The summed E-state index contributed by atoms with van der Waals surface area (Å²) in [6.45, 7) is 3.77. The maximum Gasteiger partial charge on any atom is 0.228 e. The third kappa shape index (κ3) is 4.13. The Kier molecular flexibility index (Phi) is 4.70. The molecule has 0 aliphatic heterocycles. The molecule has 0 N–H and O–H groups in total. The molecule has 0 bridgehead atoms. The quantitative estimate of drug-likeness (QED) is 0.752. The summed E-state index contributed by atoms with van der Waals surface area (Å²) in [5, 5.41) is 12.3. The number of ether oxygens (including phenoxy) is 1. The van der Waals surface area contributed by atoms with Gasteiger partial charge in [0.15, 0.2) is 11.6 Å².